The molecule has 0 saturated heterocycles. The van der Waals surface area contributed by atoms with Crippen LogP contribution in [-0.4, -0.2) is 12.2 Å². The van der Waals surface area contributed by atoms with Gasteiger partial charge >= 0.3 is 0 Å². The van der Waals surface area contributed by atoms with Gasteiger partial charge in [0.15, 0.2) is 0 Å². The van der Waals surface area contributed by atoms with Crippen LogP contribution in [0, 0.1) is 17.4 Å². The molecule has 2 aromatic carbocycles. The van der Waals surface area contributed by atoms with Gasteiger partial charge in [0, 0.05) is 13.6 Å². The van der Waals surface area contributed by atoms with E-state index in [1.165, 1.54) is 0 Å². The van der Waals surface area contributed by atoms with Crippen LogP contribution in [0.5, 0.6) is 5.75 Å². The molecule has 20 heavy (non-hydrogen) atoms. The molecular formula is C16H16BrIO2. The number of hydrogen-bond acceptors (Lipinski definition) is 2. The fraction of sp³-hybridized carbons (Fsp3) is 0.250. The van der Waals surface area contributed by atoms with Crippen LogP contribution >= 0.6 is 38.5 Å². The highest BCUT2D eigenvalue weighted by Gasteiger charge is 2.21. The third-order valence-corrected chi connectivity index (χ3v) is 4.84. The minimum atomic E-state index is -0.698. The summed E-state index contributed by atoms with van der Waals surface area (Å²) in [6.45, 7) is 3.96. The Bertz CT molecular complexity index is 641. The minimum absolute atomic E-state index is 0.698. The van der Waals surface area contributed by atoms with Crippen molar-refractivity contribution in [2.24, 2.45) is 0 Å². The first-order valence-electron chi connectivity index (χ1n) is 6.22. The molecule has 0 spiro atoms. The van der Waals surface area contributed by atoms with Crippen molar-refractivity contribution < 1.29 is 9.84 Å². The maximum atomic E-state index is 10.8. The first-order valence-corrected chi connectivity index (χ1v) is 8.10. The molecule has 4 heteroatoms. The van der Waals surface area contributed by atoms with E-state index in [1.54, 1.807) is 7.11 Å². The van der Waals surface area contributed by atoms with Gasteiger partial charge < -0.3 is 9.84 Å². The summed E-state index contributed by atoms with van der Waals surface area (Å²) in [5, 5.41) is 10.8. The zero-order chi connectivity index (χ0) is 14.9. The quantitative estimate of drug-likeness (QED) is 0.688. The zero-order valence-corrected chi connectivity index (χ0v) is 15.3. The highest BCUT2D eigenvalue weighted by molar-refractivity contribution is 14.1. The van der Waals surface area contributed by atoms with Gasteiger partial charge in [0.2, 0.25) is 0 Å². The van der Waals surface area contributed by atoms with Gasteiger partial charge in [-0.05, 0) is 71.3 Å². The van der Waals surface area contributed by atoms with E-state index in [0.29, 0.717) is 0 Å². The van der Waals surface area contributed by atoms with E-state index in [0.717, 1.165) is 36.0 Å². The summed E-state index contributed by atoms with van der Waals surface area (Å²) in [6.07, 6.45) is -0.698. The minimum Gasteiger partial charge on any atom is -0.496 e. The smallest absolute Gasteiger partial charge is 0.128 e. The Kier molecular flexibility index (Phi) is 5.09. The second kappa shape index (κ2) is 6.45. The highest BCUT2D eigenvalue weighted by atomic mass is 127. The maximum Gasteiger partial charge on any atom is 0.128 e. The van der Waals surface area contributed by atoms with Crippen molar-refractivity contribution in [1.29, 1.82) is 0 Å². The van der Waals surface area contributed by atoms with Gasteiger partial charge in [0.1, 0.15) is 11.9 Å². The number of aliphatic hydroxyl groups is 1. The third-order valence-electron chi connectivity index (χ3n) is 3.35. The Morgan fingerprint density at radius 1 is 1.25 bits per heavy atom. The highest BCUT2D eigenvalue weighted by Crippen LogP contribution is 2.38. The van der Waals surface area contributed by atoms with E-state index in [2.05, 4.69) is 38.5 Å². The summed E-state index contributed by atoms with van der Waals surface area (Å²) < 4.78 is 7.58. The van der Waals surface area contributed by atoms with Crippen LogP contribution in [0.15, 0.2) is 34.8 Å². The second-order valence-corrected chi connectivity index (χ2v) is 6.80. The van der Waals surface area contributed by atoms with Gasteiger partial charge in [-0.25, -0.2) is 0 Å². The average Bonchev–Trinajstić information content (AvgIpc) is 2.41. The molecule has 1 atom stereocenters. The van der Waals surface area contributed by atoms with Crippen molar-refractivity contribution in [3.8, 4) is 5.75 Å². The standard InChI is InChI=1S/C16H16BrIO2/c1-9-7-13(17)10(2)14(16(9)20-3)15(19)11-5-4-6-12(18)8-11/h4-8,15,19H,1-3H3. The molecule has 2 rings (SSSR count). The monoisotopic (exact) mass is 446 g/mol. The van der Waals surface area contributed by atoms with Gasteiger partial charge in [-0.2, -0.15) is 0 Å². The first kappa shape index (κ1) is 15.8. The van der Waals surface area contributed by atoms with Crippen molar-refractivity contribution in [3.05, 3.63) is 60.6 Å². The van der Waals surface area contributed by atoms with E-state index in [-0.39, 0.29) is 0 Å². The van der Waals surface area contributed by atoms with Crippen LogP contribution in [0.3, 0.4) is 0 Å². The molecule has 0 aliphatic carbocycles. The summed E-state index contributed by atoms with van der Waals surface area (Å²) in [5.74, 6) is 0.747. The number of benzene rings is 2. The summed E-state index contributed by atoms with van der Waals surface area (Å²) in [6, 6.07) is 9.89. The number of aryl methyl sites for hydroxylation is 1. The van der Waals surface area contributed by atoms with Crippen molar-refractivity contribution >= 4 is 38.5 Å². The van der Waals surface area contributed by atoms with Crippen LogP contribution in [0.4, 0.5) is 0 Å². The molecule has 0 aliphatic rings. The molecule has 0 aliphatic heterocycles. The van der Waals surface area contributed by atoms with Crippen molar-refractivity contribution in [2.75, 3.05) is 7.11 Å². The Hall–Kier alpha value is -0.590. The van der Waals surface area contributed by atoms with Gasteiger partial charge in [-0.15, -0.1) is 0 Å². The Labute approximate surface area is 141 Å². The van der Waals surface area contributed by atoms with Crippen molar-refractivity contribution in [3.63, 3.8) is 0 Å². The first-order chi connectivity index (χ1) is 9.45. The van der Waals surface area contributed by atoms with Gasteiger partial charge in [-0.1, -0.05) is 28.1 Å². The van der Waals surface area contributed by atoms with E-state index < -0.39 is 6.10 Å². The zero-order valence-electron chi connectivity index (χ0n) is 11.6. The average molecular weight is 447 g/mol. The lowest BCUT2D eigenvalue weighted by Gasteiger charge is -2.21. The van der Waals surface area contributed by atoms with Gasteiger partial charge in [0.25, 0.3) is 0 Å². The second-order valence-electron chi connectivity index (χ2n) is 4.70. The summed E-state index contributed by atoms with van der Waals surface area (Å²) in [4.78, 5) is 0. The SMILES string of the molecule is COc1c(C)cc(Br)c(C)c1C(O)c1cccc(I)c1. The van der Waals surface area contributed by atoms with Crippen LogP contribution in [-0.2, 0) is 0 Å². The van der Waals surface area contributed by atoms with E-state index >= 15 is 0 Å². The fourth-order valence-corrected chi connectivity index (χ4v) is 3.44. The molecule has 0 bridgehead atoms. The molecule has 106 valence electrons. The molecule has 0 saturated carbocycles. The van der Waals surface area contributed by atoms with Crippen LogP contribution in [0.1, 0.15) is 28.4 Å². The number of ether oxygens (including phenoxy) is 1. The number of rotatable bonds is 3. The number of halogens is 2. The van der Waals surface area contributed by atoms with Crippen LogP contribution < -0.4 is 4.74 Å². The largest absolute Gasteiger partial charge is 0.496 e. The lowest BCUT2D eigenvalue weighted by molar-refractivity contribution is 0.213. The summed E-state index contributed by atoms with van der Waals surface area (Å²) in [5.41, 5.74) is 3.70. The fourth-order valence-electron chi connectivity index (χ4n) is 2.32. The van der Waals surface area contributed by atoms with Gasteiger partial charge in [0.05, 0.1) is 7.11 Å². The van der Waals surface area contributed by atoms with Crippen molar-refractivity contribution in [2.45, 2.75) is 20.0 Å². The van der Waals surface area contributed by atoms with Crippen molar-refractivity contribution in [1.82, 2.24) is 0 Å². The van der Waals surface area contributed by atoms with E-state index in [9.17, 15) is 5.11 Å². The number of methoxy groups -OCH3 is 1. The summed E-state index contributed by atoms with van der Waals surface area (Å²) >= 11 is 5.79. The molecule has 2 aromatic rings. The predicted molar refractivity (Wildman–Crippen MR) is 93.4 cm³/mol. The Balaban J connectivity index is 2.62. The normalized spacial score (nSPS) is 12.3. The molecule has 0 fully saturated rings. The Morgan fingerprint density at radius 2 is 1.95 bits per heavy atom. The summed E-state index contributed by atoms with van der Waals surface area (Å²) in [7, 11) is 1.64. The molecule has 1 N–H and O–H groups in total. The molecule has 0 amide bonds. The van der Waals surface area contributed by atoms with E-state index in [1.807, 2.05) is 44.2 Å². The van der Waals surface area contributed by atoms with E-state index in [4.69, 9.17) is 4.74 Å². The van der Waals surface area contributed by atoms with Crippen LogP contribution in [0.25, 0.3) is 0 Å². The molecular weight excluding hydrogens is 431 g/mol. The van der Waals surface area contributed by atoms with Crippen LogP contribution in [0.2, 0.25) is 0 Å². The molecule has 0 aromatic heterocycles. The lowest BCUT2D eigenvalue weighted by atomic mass is 9.94. The number of aliphatic hydroxyl groups excluding tert-OH is 1. The lowest BCUT2D eigenvalue weighted by Crippen LogP contribution is -2.07. The molecule has 2 nitrogen and oxygen atoms in total. The number of hydrogen-bond donors (Lipinski definition) is 1. The van der Waals surface area contributed by atoms with Gasteiger partial charge in [-0.3, -0.25) is 0 Å². The third kappa shape index (κ3) is 3.02. The Morgan fingerprint density at radius 3 is 2.55 bits per heavy atom. The molecule has 0 heterocycles. The maximum absolute atomic E-state index is 10.8. The molecule has 0 radical (unpaired) electrons. The molecule has 1 unspecified atom stereocenters. The topological polar surface area (TPSA) is 29.5 Å². The predicted octanol–water partition coefficient (Wildman–Crippen LogP) is 4.76.